The lowest BCUT2D eigenvalue weighted by Gasteiger charge is -2.37. The fourth-order valence-corrected chi connectivity index (χ4v) is 3.93. The van der Waals surface area contributed by atoms with E-state index in [0.29, 0.717) is 11.8 Å². The second kappa shape index (κ2) is 7.61. The van der Waals surface area contributed by atoms with Gasteiger partial charge in [0.1, 0.15) is 5.75 Å². The van der Waals surface area contributed by atoms with Crippen molar-refractivity contribution in [3.63, 3.8) is 0 Å². The van der Waals surface area contributed by atoms with E-state index in [1.54, 1.807) is 0 Å². The number of hydrogen-bond acceptors (Lipinski definition) is 2. The molecule has 3 rings (SSSR count). The van der Waals surface area contributed by atoms with Crippen molar-refractivity contribution >= 4 is 0 Å². The number of piperidine rings is 1. The van der Waals surface area contributed by atoms with Gasteiger partial charge in [-0.3, -0.25) is 0 Å². The normalized spacial score (nSPS) is 21.9. The fourth-order valence-electron chi connectivity index (χ4n) is 3.93. The minimum Gasteiger partial charge on any atom is -0.493 e. The van der Waals surface area contributed by atoms with E-state index in [9.17, 15) is 0 Å². The molecule has 1 aliphatic rings. The standard InChI is InChI=1S/C23H31NO/c1-23(2,3)21-12-8-9-13-22(21)25-17-19-16-24(4)15-14-20(19)18-10-6-5-7-11-18/h5-13,19-20H,14-17H2,1-4H3/t19-,20-/m1/s1. The monoisotopic (exact) mass is 337 g/mol. The second-order valence-electron chi connectivity index (χ2n) is 8.39. The quantitative estimate of drug-likeness (QED) is 0.770. The number of ether oxygens (including phenoxy) is 1. The average Bonchev–Trinajstić information content (AvgIpc) is 2.60. The Morgan fingerprint density at radius 1 is 1.00 bits per heavy atom. The van der Waals surface area contributed by atoms with Gasteiger partial charge < -0.3 is 9.64 Å². The zero-order valence-electron chi connectivity index (χ0n) is 16.0. The van der Waals surface area contributed by atoms with Gasteiger partial charge in [-0.1, -0.05) is 69.3 Å². The van der Waals surface area contributed by atoms with Crippen LogP contribution in [0.3, 0.4) is 0 Å². The van der Waals surface area contributed by atoms with Crippen molar-refractivity contribution in [3.05, 3.63) is 65.7 Å². The first-order valence-corrected chi connectivity index (χ1v) is 9.41. The predicted octanol–water partition coefficient (Wildman–Crippen LogP) is 5.10. The van der Waals surface area contributed by atoms with Gasteiger partial charge in [0, 0.05) is 12.5 Å². The molecule has 0 spiro atoms. The molecule has 2 atom stereocenters. The van der Waals surface area contributed by atoms with E-state index >= 15 is 0 Å². The third-order valence-electron chi connectivity index (χ3n) is 5.31. The lowest BCUT2D eigenvalue weighted by molar-refractivity contribution is 0.128. The topological polar surface area (TPSA) is 12.5 Å². The summed E-state index contributed by atoms with van der Waals surface area (Å²) in [5.74, 6) is 2.14. The summed E-state index contributed by atoms with van der Waals surface area (Å²) in [5, 5.41) is 0. The van der Waals surface area contributed by atoms with Crippen LogP contribution in [0.25, 0.3) is 0 Å². The molecule has 0 radical (unpaired) electrons. The summed E-state index contributed by atoms with van der Waals surface area (Å²) in [6, 6.07) is 19.4. The van der Waals surface area contributed by atoms with Crippen LogP contribution in [-0.2, 0) is 5.41 Å². The summed E-state index contributed by atoms with van der Waals surface area (Å²) in [6.07, 6.45) is 1.20. The van der Waals surface area contributed by atoms with Crippen molar-refractivity contribution in [2.75, 3.05) is 26.7 Å². The van der Waals surface area contributed by atoms with E-state index < -0.39 is 0 Å². The highest BCUT2D eigenvalue weighted by Crippen LogP contribution is 2.35. The number of para-hydroxylation sites is 1. The minimum atomic E-state index is 0.0960. The third kappa shape index (κ3) is 4.43. The van der Waals surface area contributed by atoms with E-state index in [-0.39, 0.29) is 5.41 Å². The summed E-state index contributed by atoms with van der Waals surface area (Å²) in [5.41, 5.74) is 2.84. The molecule has 1 heterocycles. The lowest BCUT2D eigenvalue weighted by atomic mass is 9.81. The molecular weight excluding hydrogens is 306 g/mol. The summed E-state index contributed by atoms with van der Waals surface area (Å²) in [4.78, 5) is 2.43. The number of likely N-dealkylation sites (tertiary alicyclic amines) is 1. The zero-order valence-corrected chi connectivity index (χ0v) is 16.0. The van der Waals surface area contributed by atoms with Gasteiger partial charge in [-0.05, 0) is 48.5 Å². The first-order chi connectivity index (χ1) is 11.9. The van der Waals surface area contributed by atoms with Gasteiger partial charge in [-0.25, -0.2) is 0 Å². The summed E-state index contributed by atoms with van der Waals surface area (Å²) >= 11 is 0. The Kier molecular flexibility index (Phi) is 5.48. The van der Waals surface area contributed by atoms with Crippen LogP contribution in [-0.4, -0.2) is 31.6 Å². The Labute approximate surface area is 152 Å². The lowest BCUT2D eigenvalue weighted by Crippen LogP contribution is -2.39. The molecule has 0 N–H and O–H groups in total. The molecule has 0 bridgehead atoms. The van der Waals surface area contributed by atoms with E-state index in [1.165, 1.54) is 17.5 Å². The molecule has 0 saturated carbocycles. The van der Waals surface area contributed by atoms with Crippen molar-refractivity contribution in [2.45, 2.75) is 38.5 Å². The maximum atomic E-state index is 6.38. The van der Waals surface area contributed by atoms with Crippen LogP contribution in [0.5, 0.6) is 5.75 Å². The van der Waals surface area contributed by atoms with E-state index in [4.69, 9.17) is 4.74 Å². The largest absolute Gasteiger partial charge is 0.493 e. The van der Waals surface area contributed by atoms with Gasteiger partial charge in [0.05, 0.1) is 6.61 Å². The minimum absolute atomic E-state index is 0.0960. The van der Waals surface area contributed by atoms with Gasteiger partial charge >= 0.3 is 0 Å². The van der Waals surface area contributed by atoms with Crippen molar-refractivity contribution in [3.8, 4) is 5.75 Å². The molecule has 0 aromatic heterocycles. The van der Waals surface area contributed by atoms with Crippen LogP contribution < -0.4 is 4.74 Å². The van der Waals surface area contributed by atoms with E-state index in [1.807, 2.05) is 0 Å². The molecule has 2 aromatic carbocycles. The first kappa shape index (κ1) is 18.0. The Balaban J connectivity index is 1.76. The number of nitrogens with zero attached hydrogens (tertiary/aromatic N) is 1. The summed E-state index contributed by atoms with van der Waals surface area (Å²) in [6.45, 7) is 9.77. The smallest absolute Gasteiger partial charge is 0.123 e. The molecule has 0 unspecified atom stereocenters. The fraction of sp³-hybridized carbons (Fsp3) is 0.478. The predicted molar refractivity (Wildman–Crippen MR) is 105 cm³/mol. The molecule has 2 heteroatoms. The highest BCUT2D eigenvalue weighted by atomic mass is 16.5. The van der Waals surface area contributed by atoms with Crippen molar-refractivity contribution < 1.29 is 4.74 Å². The Bertz CT molecular complexity index is 674. The van der Waals surface area contributed by atoms with Gasteiger partial charge in [0.15, 0.2) is 0 Å². The molecule has 1 saturated heterocycles. The highest BCUT2D eigenvalue weighted by Gasteiger charge is 2.30. The SMILES string of the molecule is CN1CC[C@H](c2ccccc2)[C@@H](COc2ccccc2C(C)(C)C)C1. The number of hydrogen-bond donors (Lipinski definition) is 0. The van der Waals surface area contributed by atoms with E-state index in [2.05, 4.69) is 87.3 Å². The van der Waals surface area contributed by atoms with Crippen molar-refractivity contribution in [2.24, 2.45) is 5.92 Å². The summed E-state index contributed by atoms with van der Waals surface area (Å²) < 4.78 is 6.38. The molecule has 0 aliphatic carbocycles. The van der Waals surface area contributed by atoms with Gasteiger partial charge in [-0.15, -0.1) is 0 Å². The Morgan fingerprint density at radius 3 is 2.40 bits per heavy atom. The Hall–Kier alpha value is -1.80. The van der Waals surface area contributed by atoms with E-state index in [0.717, 1.165) is 25.4 Å². The molecule has 1 aliphatic heterocycles. The number of benzene rings is 2. The van der Waals surface area contributed by atoms with Gasteiger partial charge in [-0.2, -0.15) is 0 Å². The van der Waals surface area contributed by atoms with Gasteiger partial charge in [0.25, 0.3) is 0 Å². The molecule has 2 aromatic rings. The van der Waals surface area contributed by atoms with Crippen LogP contribution in [0.15, 0.2) is 54.6 Å². The highest BCUT2D eigenvalue weighted by molar-refractivity contribution is 5.38. The molecule has 25 heavy (non-hydrogen) atoms. The molecule has 0 amide bonds. The van der Waals surface area contributed by atoms with Crippen LogP contribution in [0.4, 0.5) is 0 Å². The molecular formula is C23H31NO. The van der Waals surface area contributed by atoms with Crippen LogP contribution in [0, 0.1) is 5.92 Å². The molecule has 1 fully saturated rings. The summed E-state index contributed by atoms with van der Waals surface area (Å²) in [7, 11) is 2.22. The maximum absolute atomic E-state index is 6.38. The van der Waals surface area contributed by atoms with Gasteiger partial charge in [0.2, 0.25) is 0 Å². The van der Waals surface area contributed by atoms with Crippen LogP contribution >= 0.6 is 0 Å². The average molecular weight is 338 g/mol. The van der Waals surface area contributed by atoms with Crippen molar-refractivity contribution in [1.29, 1.82) is 0 Å². The first-order valence-electron chi connectivity index (χ1n) is 9.41. The second-order valence-corrected chi connectivity index (χ2v) is 8.39. The number of rotatable bonds is 4. The van der Waals surface area contributed by atoms with Crippen molar-refractivity contribution in [1.82, 2.24) is 4.90 Å². The van der Waals surface area contributed by atoms with Crippen LogP contribution in [0.1, 0.15) is 44.2 Å². The zero-order chi connectivity index (χ0) is 17.9. The molecule has 134 valence electrons. The van der Waals surface area contributed by atoms with Crippen LogP contribution in [0.2, 0.25) is 0 Å². The maximum Gasteiger partial charge on any atom is 0.123 e. The molecule has 2 nitrogen and oxygen atoms in total. The Morgan fingerprint density at radius 2 is 1.68 bits per heavy atom. The third-order valence-corrected chi connectivity index (χ3v) is 5.31.